The van der Waals surface area contributed by atoms with Crippen LogP contribution in [0.4, 0.5) is 0 Å². The minimum Gasteiger partial charge on any atom is -0.388 e. The van der Waals surface area contributed by atoms with Crippen molar-refractivity contribution in [1.29, 1.82) is 0 Å². The molecule has 1 heterocycles. The van der Waals surface area contributed by atoms with Gasteiger partial charge in [0.2, 0.25) is 0 Å². The fourth-order valence-corrected chi connectivity index (χ4v) is 4.40. The quantitative estimate of drug-likeness (QED) is 0.894. The average Bonchev–Trinajstić information content (AvgIpc) is 2.69. The van der Waals surface area contributed by atoms with Gasteiger partial charge in [-0.05, 0) is 23.8 Å². The highest BCUT2D eigenvalue weighted by Gasteiger charge is 2.34. The average molecular weight is 254 g/mol. The molecule has 2 rings (SSSR count). The van der Waals surface area contributed by atoms with Crippen LogP contribution in [0.2, 0.25) is 0 Å². The second-order valence-corrected chi connectivity index (χ2v) is 7.11. The molecule has 1 aromatic carbocycles. The van der Waals surface area contributed by atoms with Crippen molar-refractivity contribution in [2.24, 2.45) is 11.8 Å². The molecule has 0 spiro atoms. The summed E-state index contributed by atoms with van der Waals surface area (Å²) in [5.41, 5.74) is 0.865. The molecule has 1 aromatic rings. The largest absolute Gasteiger partial charge is 0.388 e. The summed E-state index contributed by atoms with van der Waals surface area (Å²) in [5, 5.41) is 10.2. The molecule has 3 nitrogen and oxygen atoms in total. The maximum Gasteiger partial charge on any atom is 0.150 e. The van der Waals surface area contributed by atoms with Crippen LogP contribution in [0.25, 0.3) is 0 Å². The molecule has 0 saturated carbocycles. The summed E-state index contributed by atoms with van der Waals surface area (Å²) in [7, 11) is -2.87. The first-order chi connectivity index (χ1) is 7.99. The van der Waals surface area contributed by atoms with E-state index < -0.39 is 15.9 Å². The number of aliphatic hydroxyl groups excluding tert-OH is 1. The van der Waals surface area contributed by atoms with Crippen LogP contribution in [-0.2, 0) is 9.84 Å². The molecule has 0 radical (unpaired) electrons. The van der Waals surface area contributed by atoms with E-state index in [0.29, 0.717) is 6.42 Å². The molecule has 1 saturated heterocycles. The Morgan fingerprint density at radius 3 is 2.47 bits per heavy atom. The van der Waals surface area contributed by atoms with Crippen molar-refractivity contribution < 1.29 is 13.5 Å². The van der Waals surface area contributed by atoms with Gasteiger partial charge in [-0.2, -0.15) is 0 Å². The van der Waals surface area contributed by atoms with Crippen molar-refractivity contribution >= 4 is 9.84 Å². The van der Waals surface area contributed by atoms with Gasteiger partial charge in [0, 0.05) is 0 Å². The topological polar surface area (TPSA) is 54.4 Å². The monoisotopic (exact) mass is 254 g/mol. The van der Waals surface area contributed by atoms with Gasteiger partial charge in [0.25, 0.3) is 0 Å². The highest BCUT2D eigenvalue weighted by atomic mass is 32.2. The van der Waals surface area contributed by atoms with E-state index in [1.54, 1.807) is 0 Å². The molecule has 3 unspecified atom stereocenters. The Bertz CT molecular complexity index is 467. The second-order valence-electron chi connectivity index (χ2n) is 4.88. The molecule has 1 fully saturated rings. The Morgan fingerprint density at radius 2 is 1.94 bits per heavy atom. The third kappa shape index (κ3) is 2.87. The van der Waals surface area contributed by atoms with Crippen molar-refractivity contribution in [1.82, 2.24) is 0 Å². The summed E-state index contributed by atoms with van der Waals surface area (Å²) in [4.78, 5) is 0. The Labute approximate surface area is 102 Å². The van der Waals surface area contributed by atoms with Gasteiger partial charge in [0.15, 0.2) is 9.84 Å². The third-order valence-electron chi connectivity index (χ3n) is 3.65. The molecule has 3 atom stereocenters. The van der Waals surface area contributed by atoms with Crippen molar-refractivity contribution in [3.63, 3.8) is 0 Å². The molecule has 0 amide bonds. The summed E-state index contributed by atoms with van der Waals surface area (Å²) in [6.45, 7) is 1.93. The van der Waals surface area contributed by atoms with E-state index >= 15 is 0 Å². The van der Waals surface area contributed by atoms with Gasteiger partial charge in [0.1, 0.15) is 0 Å². The highest BCUT2D eigenvalue weighted by Crippen LogP contribution is 2.34. The Kier molecular flexibility index (Phi) is 3.54. The highest BCUT2D eigenvalue weighted by molar-refractivity contribution is 7.91. The van der Waals surface area contributed by atoms with E-state index in [0.717, 1.165) is 5.56 Å². The van der Waals surface area contributed by atoms with Crippen molar-refractivity contribution in [2.75, 3.05) is 11.5 Å². The maximum atomic E-state index is 11.4. The van der Waals surface area contributed by atoms with Crippen LogP contribution >= 0.6 is 0 Å². The molecule has 1 aliphatic heterocycles. The fraction of sp³-hybridized carbons (Fsp3) is 0.538. The summed E-state index contributed by atoms with van der Waals surface area (Å²) in [6, 6.07) is 9.43. The number of hydrogen-bond donors (Lipinski definition) is 1. The first kappa shape index (κ1) is 12.6. The van der Waals surface area contributed by atoms with Gasteiger partial charge in [-0.1, -0.05) is 37.3 Å². The lowest BCUT2D eigenvalue weighted by Crippen LogP contribution is -2.20. The van der Waals surface area contributed by atoms with Gasteiger partial charge < -0.3 is 5.11 Å². The molecule has 0 aromatic heterocycles. The van der Waals surface area contributed by atoms with Crippen molar-refractivity contribution in [3.8, 4) is 0 Å². The predicted octanol–water partition coefficient (Wildman–Crippen LogP) is 1.79. The van der Waals surface area contributed by atoms with Crippen LogP contribution in [0.5, 0.6) is 0 Å². The Hall–Kier alpha value is -0.870. The van der Waals surface area contributed by atoms with Crippen LogP contribution in [0, 0.1) is 11.8 Å². The minimum atomic E-state index is -2.87. The molecule has 0 aliphatic carbocycles. The molecule has 17 heavy (non-hydrogen) atoms. The zero-order valence-corrected chi connectivity index (χ0v) is 10.7. The first-order valence-electron chi connectivity index (χ1n) is 5.93. The summed E-state index contributed by atoms with van der Waals surface area (Å²) >= 11 is 0. The molecular weight excluding hydrogens is 236 g/mol. The molecule has 94 valence electrons. The van der Waals surface area contributed by atoms with E-state index in [9.17, 15) is 13.5 Å². The zero-order chi connectivity index (χ0) is 12.5. The SMILES string of the molecule is CC(C1CCS(=O)(=O)C1)C(O)c1ccccc1. The van der Waals surface area contributed by atoms with Gasteiger partial charge in [-0.25, -0.2) is 8.42 Å². The number of benzene rings is 1. The van der Waals surface area contributed by atoms with Crippen LogP contribution < -0.4 is 0 Å². The normalized spacial score (nSPS) is 26.6. The van der Waals surface area contributed by atoms with Crippen LogP contribution in [0.1, 0.15) is 25.0 Å². The Balaban J connectivity index is 2.08. The Morgan fingerprint density at radius 1 is 1.29 bits per heavy atom. The van der Waals surface area contributed by atoms with E-state index in [1.165, 1.54) is 0 Å². The minimum absolute atomic E-state index is 0.0188. The van der Waals surface area contributed by atoms with Gasteiger partial charge in [-0.15, -0.1) is 0 Å². The number of sulfone groups is 1. The summed E-state index contributed by atoms with van der Waals surface area (Å²) in [5.74, 6) is 0.548. The van der Waals surface area contributed by atoms with E-state index in [-0.39, 0.29) is 23.3 Å². The van der Waals surface area contributed by atoms with Crippen LogP contribution in [0.15, 0.2) is 30.3 Å². The predicted molar refractivity (Wildman–Crippen MR) is 67.3 cm³/mol. The molecule has 0 bridgehead atoms. The van der Waals surface area contributed by atoms with E-state index in [4.69, 9.17) is 0 Å². The second kappa shape index (κ2) is 4.78. The molecular formula is C13H18O3S. The fourth-order valence-electron chi connectivity index (χ4n) is 2.45. The maximum absolute atomic E-state index is 11.4. The first-order valence-corrected chi connectivity index (χ1v) is 7.75. The zero-order valence-electron chi connectivity index (χ0n) is 9.91. The summed E-state index contributed by atoms with van der Waals surface area (Å²) in [6.07, 6.45) is 0.0995. The van der Waals surface area contributed by atoms with E-state index in [2.05, 4.69) is 0 Å². The lowest BCUT2D eigenvalue weighted by Gasteiger charge is -2.24. The molecule has 1 aliphatic rings. The van der Waals surface area contributed by atoms with Gasteiger partial charge in [-0.3, -0.25) is 0 Å². The van der Waals surface area contributed by atoms with Crippen molar-refractivity contribution in [2.45, 2.75) is 19.4 Å². The van der Waals surface area contributed by atoms with E-state index in [1.807, 2.05) is 37.3 Å². The lowest BCUT2D eigenvalue weighted by atomic mass is 9.85. The van der Waals surface area contributed by atoms with Crippen LogP contribution in [-0.4, -0.2) is 25.0 Å². The standard InChI is InChI=1S/C13H18O3S/c1-10(12-7-8-17(15,16)9-12)13(14)11-5-3-2-4-6-11/h2-6,10,12-14H,7-9H2,1H3. The number of hydrogen-bond acceptors (Lipinski definition) is 3. The van der Waals surface area contributed by atoms with Crippen molar-refractivity contribution in [3.05, 3.63) is 35.9 Å². The molecule has 4 heteroatoms. The van der Waals surface area contributed by atoms with Gasteiger partial charge >= 0.3 is 0 Å². The summed E-state index contributed by atoms with van der Waals surface area (Å²) < 4.78 is 22.8. The lowest BCUT2D eigenvalue weighted by molar-refractivity contribution is 0.0890. The number of aliphatic hydroxyl groups is 1. The van der Waals surface area contributed by atoms with Gasteiger partial charge in [0.05, 0.1) is 17.6 Å². The molecule has 1 N–H and O–H groups in total. The van der Waals surface area contributed by atoms with Crippen LogP contribution in [0.3, 0.4) is 0 Å². The third-order valence-corrected chi connectivity index (χ3v) is 5.44. The smallest absolute Gasteiger partial charge is 0.150 e. The number of rotatable bonds is 3.